The molecule has 1 aliphatic carbocycles. The predicted octanol–water partition coefficient (Wildman–Crippen LogP) is 3.94. The third kappa shape index (κ3) is 3.94. The first-order chi connectivity index (χ1) is 12.0. The van der Waals surface area contributed by atoms with Crippen LogP contribution in [-0.2, 0) is 11.3 Å². The van der Waals surface area contributed by atoms with Crippen molar-refractivity contribution in [1.82, 2.24) is 9.55 Å². The van der Waals surface area contributed by atoms with Crippen LogP contribution in [-0.4, -0.2) is 21.6 Å². The molecule has 0 bridgehead atoms. The van der Waals surface area contributed by atoms with Gasteiger partial charge in [0.1, 0.15) is 17.4 Å². The maximum Gasteiger partial charge on any atom is 0.398 e. The van der Waals surface area contributed by atoms with Gasteiger partial charge >= 0.3 is 6.18 Å². The summed E-state index contributed by atoms with van der Waals surface area (Å²) in [6.45, 7) is 5.90. The molecule has 1 unspecified atom stereocenters. The minimum atomic E-state index is -4.43. The van der Waals surface area contributed by atoms with Crippen molar-refractivity contribution < 1.29 is 18.0 Å². The number of aromatic nitrogens is 2. The largest absolute Gasteiger partial charge is 0.398 e. The fourth-order valence-electron chi connectivity index (χ4n) is 3.40. The average molecular weight is 371 g/mol. The second kappa shape index (κ2) is 6.39. The molecule has 2 aliphatic rings. The second-order valence-electron chi connectivity index (χ2n) is 8.48. The quantitative estimate of drug-likeness (QED) is 0.875. The van der Waals surface area contributed by atoms with E-state index in [-0.39, 0.29) is 54.6 Å². The van der Waals surface area contributed by atoms with Crippen molar-refractivity contribution in [3.8, 4) is 0 Å². The summed E-state index contributed by atoms with van der Waals surface area (Å²) in [6, 6.07) is 0. The Balaban J connectivity index is 2.04. The van der Waals surface area contributed by atoms with Crippen molar-refractivity contribution in [3.63, 3.8) is 0 Å². The van der Waals surface area contributed by atoms with Gasteiger partial charge in [-0.3, -0.25) is 14.2 Å². The zero-order valence-corrected chi connectivity index (χ0v) is 15.2. The summed E-state index contributed by atoms with van der Waals surface area (Å²) in [7, 11) is 0. The smallest absolute Gasteiger partial charge is 0.320 e. The van der Waals surface area contributed by atoms with Crippen LogP contribution in [0.15, 0.2) is 4.79 Å². The van der Waals surface area contributed by atoms with Crippen molar-refractivity contribution >= 4 is 11.6 Å². The molecule has 1 aromatic heterocycles. The van der Waals surface area contributed by atoms with E-state index in [1.165, 1.54) is 0 Å². The van der Waals surface area contributed by atoms with Gasteiger partial charge in [-0.2, -0.15) is 13.2 Å². The van der Waals surface area contributed by atoms with Gasteiger partial charge in [0.25, 0.3) is 5.56 Å². The Morgan fingerprint density at radius 1 is 1.23 bits per heavy atom. The van der Waals surface area contributed by atoms with Crippen LogP contribution < -0.4 is 10.9 Å². The van der Waals surface area contributed by atoms with Crippen LogP contribution in [0, 0.1) is 5.41 Å². The summed E-state index contributed by atoms with van der Waals surface area (Å²) < 4.78 is 41.2. The second-order valence-corrected chi connectivity index (χ2v) is 8.48. The lowest BCUT2D eigenvalue weighted by Crippen LogP contribution is -2.38. The van der Waals surface area contributed by atoms with Crippen LogP contribution in [0.2, 0.25) is 0 Å². The van der Waals surface area contributed by atoms with Crippen molar-refractivity contribution in [2.75, 3.05) is 5.32 Å². The maximum atomic E-state index is 13.4. The van der Waals surface area contributed by atoms with Crippen molar-refractivity contribution in [2.45, 2.75) is 77.4 Å². The van der Waals surface area contributed by atoms with Crippen molar-refractivity contribution in [1.29, 1.82) is 0 Å². The first kappa shape index (κ1) is 18.9. The Morgan fingerprint density at radius 3 is 2.42 bits per heavy atom. The molecule has 1 aliphatic heterocycles. The van der Waals surface area contributed by atoms with E-state index in [9.17, 15) is 22.8 Å². The molecule has 1 amide bonds. The Kier molecular flexibility index (Phi) is 4.65. The Hall–Kier alpha value is -1.86. The summed E-state index contributed by atoms with van der Waals surface area (Å²) in [5, 5.41) is 2.64. The van der Waals surface area contributed by atoms with E-state index in [1.807, 2.05) is 20.8 Å². The van der Waals surface area contributed by atoms with Gasteiger partial charge in [0.15, 0.2) is 0 Å². The minimum absolute atomic E-state index is 0.0469. The monoisotopic (exact) mass is 371 g/mol. The molecule has 2 heterocycles. The highest BCUT2D eigenvalue weighted by Gasteiger charge is 2.46. The van der Waals surface area contributed by atoms with Gasteiger partial charge in [-0.05, 0) is 31.1 Å². The van der Waals surface area contributed by atoms with Gasteiger partial charge in [0.05, 0.1) is 5.69 Å². The van der Waals surface area contributed by atoms with Crippen LogP contribution in [0.25, 0.3) is 0 Å². The zero-order chi connectivity index (χ0) is 19.3. The Bertz CT molecular complexity index is 774. The number of nitrogens with zero attached hydrogens (tertiary/aromatic N) is 2. The van der Waals surface area contributed by atoms with Crippen LogP contribution in [0.5, 0.6) is 0 Å². The van der Waals surface area contributed by atoms with Crippen LogP contribution in [0.3, 0.4) is 0 Å². The number of nitrogens with one attached hydrogen (secondary N) is 1. The lowest BCUT2D eigenvalue weighted by molar-refractivity contribution is -0.156. The molecule has 1 atom stereocenters. The van der Waals surface area contributed by atoms with Gasteiger partial charge < -0.3 is 5.32 Å². The molecule has 3 rings (SSSR count). The number of carbonyl (C=O) groups excluding carboxylic acids is 1. The van der Waals surface area contributed by atoms with E-state index in [0.29, 0.717) is 5.69 Å². The van der Waals surface area contributed by atoms with Crippen LogP contribution in [0.4, 0.5) is 18.9 Å². The highest BCUT2D eigenvalue weighted by molar-refractivity contribution is 5.91. The molecule has 1 aromatic rings. The van der Waals surface area contributed by atoms with E-state index in [0.717, 1.165) is 17.4 Å². The van der Waals surface area contributed by atoms with E-state index in [4.69, 9.17) is 0 Å². The van der Waals surface area contributed by atoms with Gasteiger partial charge in [-0.25, -0.2) is 4.98 Å². The molecule has 5 nitrogen and oxygen atoms in total. The third-order valence-electron chi connectivity index (χ3n) is 4.73. The van der Waals surface area contributed by atoms with E-state index < -0.39 is 17.7 Å². The number of alkyl halides is 3. The molecule has 8 heteroatoms. The van der Waals surface area contributed by atoms with Crippen molar-refractivity contribution in [2.24, 2.45) is 5.41 Å². The lowest BCUT2D eigenvalue weighted by Gasteiger charge is -2.29. The first-order valence-corrected chi connectivity index (χ1v) is 8.98. The standard InChI is InChI=1S/C18H24F3N3O2/c1-17(2,3)9-12(25)22-14-13(10-6-7-10)23-15-11(18(19,20)21)5-4-8-24(15)16(14)26/h10-11H,4-9H2,1-3H3,(H,22,25). The molecule has 144 valence electrons. The third-order valence-corrected chi connectivity index (χ3v) is 4.73. The minimum Gasteiger partial charge on any atom is -0.320 e. The van der Waals surface area contributed by atoms with E-state index >= 15 is 0 Å². The fraction of sp³-hybridized carbons (Fsp3) is 0.722. The number of carbonyl (C=O) groups is 1. The first-order valence-electron chi connectivity index (χ1n) is 8.98. The number of fused-ring (bicyclic) bond motifs is 1. The normalized spacial score (nSPS) is 20.6. The molecule has 0 spiro atoms. The van der Waals surface area contributed by atoms with Gasteiger partial charge in [0, 0.05) is 18.9 Å². The summed E-state index contributed by atoms with van der Waals surface area (Å²) in [5.41, 5.74) is -0.440. The van der Waals surface area contributed by atoms with E-state index in [2.05, 4.69) is 10.3 Å². The van der Waals surface area contributed by atoms with Crippen LogP contribution in [0.1, 0.15) is 76.2 Å². The molecule has 1 N–H and O–H groups in total. The fourth-order valence-corrected chi connectivity index (χ4v) is 3.40. The SMILES string of the molecule is CC(C)(C)CC(=O)Nc1c(C2CC2)nc2n(c1=O)CCCC2C(F)(F)F. The molecule has 0 radical (unpaired) electrons. The number of anilines is 1. The number of rotatable bonds is 3. The van der Waals surface area contributed by atoms with Gasteiger partial charge in [-0.1, -0.05) is 20.8 Å². The summed E-state index contributed by atoms with van der Waals surface area (Å²) in [4.78, 5) is 29.4. The predicted molar refractivity (Wildman–Crippen MR) is 91.2 cm³/mol. The zero-order valence-electron chi connectivity index (χ0n) is 15.2. The summed E-state index contributed by atoms with van der Waals surface area (Å²) in [5.74, 6) is -2.29. The molecule has 0 saturated heterocycles. The molecular weight excluding hydrogens is 347 g/mol. The number of amides is 1. The maximum absolute atomic E-state index is 13.4. The van der Waals surface area contributed by atoms with Crippen molar-refractivity contribution in [3.05, 3.63) is 21.9 Å². The molecule has 0 aromatic carbocycles. The molecule has 1 fully saturated rings. The van der Waals surface area contributed by atoms with Gasteiger partial charge in [-0.15, -0.1) is 0 Å². The molecular formula is C18H24F3N3O2. The Morgan fingerprint density at radius 2 is 1.88 bits per heavy atom. The number of halogens is 3. The highest BCUT2D eigenvalue weighted by Crippen LogP contribution is 2.44. The Labute approximate surface area is 150 Å². The lowest BCUT2D eigenvalue weighted by atomic mass is 9.92. The van der Waals surface area contributed by atoms with Crippen LogP contribution >= 0.6 is 0 Å². The summed E-state index contributed by atoms with van der Waals surface area (Å²) >= 11 is 0. The molecule has 26 heavy (non-hydrogen) atoms. The van der Waals surface area contributed by atoms with Gasteiger partial charge in [0.2, 0.25) is 5.91 Å². The topological polar surface area (TPSA) is 64.0 Å². The highest BCUT2D eigenvalue weighted by atomic mass is 19.4. The van der Waals surface area contributed by atoms with E-state index in [1.54, 1.807) is 0 Å². The number of hydrogen-bond acceptors (Lipinski definition) is 3. The molecule has 1 saturated carbocycles. The summed E-state index contributed by atoms with van der Waals surface area (Å²) in [6.07, 6.45) is -2.47. The number of hydrogen-bond donors (Lipinski definition) is 1. The average Bonchev–Trinajstić information content (AvgIpc) is 3.31.